The van der Waals surface area contributed by atoms with E-state index in [9.17, 15) is 0 Å². The average molecular weight is 289 g/mol. The van der Waals surface area contributed by atoms with Gasteiger partial charge in [-0.1, -0.05) is 17.7 Å². The number of nitrogens with two attached hydrogens (primary N) is 1. The fourth-order valence-electron chi connectivity index (χ4n) is 2.04. The van der Waals surface area contributed by atoms with Gasteiger partial charge in [-0.15, -0.1) is 0 Å². The highest BCUT2D eigenvalue weighted by atomic mass is 35.5. The predicted molar refractivity (Wildman–Crippen MR) is 77.1 cm³/mol. The zero-order chi connectivity index (χ0) is 14.1. The molecule has 0 fully saturated rings. The molecule has 0 atom stereocenters. The number of nitrogens with zero attached hydrogens (tertiary/aromatic N) is 3. The van der Waals surface area contributed by atoms with E-state index in [4.69, 9.17) is 22.1 Å². The van der Waals surface area contributed by atoms with Gasteiger partial charge in [-0.25, -0.2) is 9.50 Å². The van der Waals surface area contributed by atoms with E-state index in [1.807, 2.05) is 25.1 Å². The molecule has 0 aliphatic heterocycles. The minimum atomic E-state index is 0.302. The zero-order valence-electron chi connectivity index (χ0n) is 10.9. The summed E-state index contributed by atoms with van der Waals surface area (Å²) in [6, 6.07) is 7.34. The molecule has 2 aromatic heterocycles. The van der Waals surface area contributed by atoms with Crippen LogP contribution in [0.4, 0.5) is 0 Å². The molecule has 2 heterocycles. The lowest BCUT2D eigenvalue weighted by Crippen LogP contribution is -2.01. The summed E-state index contributed by atoms with van der Waals surface area (Å²) < 4.78 is 7.60. The highest BCUT2D eigenvalue weighted by Gasteiger charge is 2.11. The van der Waals surface area contributed by atoms with Crippen LogP contribution in [0.15, 0.2) is 36.7 Å². The third-order valence-corrected chi connectivity index (χ3v) is 3.32. The van der Waals surface area contributed by atoms with Gasteiger partial charge in [0.1, 0.15) is 11.3 Å². The molecule has 0 aliphatic rings. The second-order valence-electron chi connectivity index (χ2n) is 4.37. The van der Waals surface area contributed by atoms with Crippen molar-refractivity contribution < 1.29 is 4.74 Å². The Hall–Kier alpha value is -2.11. The first-order valence-electron chi connectivity index (χ1n) is 6.15. The number of aromatic nitrogens is 3. The molecule has 0 saturated heterocycles. The van der Waals surface area contributed by atoms with E-state index in [1.54, 1.807) is 23.0 Å². The first-order valence-corrected chi connectivity index (χ1v) is 6.53. The molecule has 1 aromatic carbocycles. The molecule has 0 aliphatic carbocycles. The van der Waals surface area contributed by atoms with Gasteiger partial charge in [-0.3, -0.25) is 0 Å². The number of halogens is 1. The lowest BCUT2D eigenvalue weighted by Gasteiger charge is -2.11. The van der Waals surface area contributed by atoms with Crippen molar-refractivity contribution in [3.63, 3.8) is 0 Å². The standard InChI is InChI=1S/C14H13ClN4O/c1-9-7-12-14(17-5-6-19(12)18-9)20-13-4-2-3-11(15)10(13)8-16/h2-7H,8,16H2,1H3. The Bertz CT molecular complexity index is 769. The molecule has 3 rings (SSSR count). The van der Waals surface area contributed by atoms with Gasteiger partial charge in [-0.05, 0) is 25.1 Å². The molecular formula is C14H13ClN4O. The number of rotatable bonds is 3. The van der Waals surface area contributed by atoms with Crippen LogP contribution < -0.4 is 10.5 Å². The van der Waals surface area contributed by atoms with E-state index >= 15 is 0 Å². The van der Waals surface area contributed by atoms with E-state index in [0.29, 0.717) is 23.2 Å². The Labute approximate surface area is 121 Å². The monoisotopic (exact) mass is 288 g/mol. The minimum absolute atomic E-state index is 0.302. The molecule has 0 radical (unpaired) electrons. The van der Waals surface area contributed by atoms with Crippen molar-refractivity contribution in [1.82, 2.24) is 14.6 Å². The lowest BCUT2D eigenvalue weighted by atomic mass is 10.2. The van der Waals surface area contributed by atoms with Gasteiger partial charge < -0.3 is 10.5 Å². The lowest BCUT2D eigenvalue weighted by molar-refractivity contribution is 0.460. The summed E-state index contributed by atoms with van der Waals surface area (Å²) in [6.07, 6.45) is 3.42. The Morgan fingerprint density at radius 2 is 2.25 bits per heavy atom. The highest BCUT2D eigenvalue weighted by molar-refractivity contribution is 6.31. The first-order chi connectivity index (χ1) is 9.69. The fourth-order valence-corrected chi connectivity index (χ4v) is 2.28. The second-order valence-corrected chi connectivity index (χ2v) is 4.78. The van der Waals surface area contributed by atoms with Gasteiger partial charge in [0.15, 0.2) is 0 Å². The van der Waals surface area contributed by atoms with Crippen molar-refractivity contribution in [2.75, 3.05) is 0 Å². The molecule has 0 saturated carbocycles. The van der Waals surface area contributed by atoms with Crippen molar-refractivity contribution in [1.29, 1.82) is 0 Å². The van der Waals surface area contributed by atoms with Crippen LogP contribution in [-0.2, 0) is 6.54 Å². The summed E-state index contributed by atoms with van der Waals surface area (Å²) in [4.78, 5) is 4.25. The van der Waals surface area contributed by atoms with Crippen LogP contribution in [0.1, 0.15) is 11.3 Å². The maximum Gasteiger partial charge on any atom is 0.245 e. The summed E-state index contributed by atoms with van der Waals surface area (Å²) in [5, 5.41) is 4.91. The molecule has 0 unspecified atom stereocenters. The van der Waals surface area contributed by atoms with E-state index in [1.165, 1.54) is 0 Å². The van der Waals surface area contributed by atoms with E-state index in [0.717, 1.165) is 16.8 Å². The molecule has 0 amide bonds. The summed E-state index contributed by atoms with van der Waals surface area (Å²) in [5.41, 5.74) is 8.17. The quantitative estimate of drug-likeness (QED) is 0.805. The molecule has 2 N–H and O–H groups in total. The zero-order valence-corrected chi connectivity index (χ0v) is 11.6. The summed E-state index contributed by atoms with van der Waals surface area (Å²) in [5.74, 6) is 1.09. The molecular weight excluding hydrogens is 276 g/mol. The Balaban J connectivity index is 2.08. The fraction of sp³-hybridized carbons (Fsp3) is 0.143. The minimum Gasteiger partial charge on any atom is -0.437 e. The van der Waals surface area contributed by atoms with Gasteiger partial charge in [-0.2, -0.15) is 5.10 Å². The van der Waals surface area contributed by atoms with Crippen LogP contribution >= 0.6 is 11.6 Å². The van der Waals surface area contributed by atoms with Crippen LogP contribution in [0.3, 0.4) is 0 Å². The largest absolute Gasteiger partial charge is 0.437 e. The molecule has 20 heavy (non-hydrogen) atoms. The molecule has 0 bridgehead atoms. The molecule has 3 aromatic rings. The number of hydrogen-bond acceptors (Lipinski definition) is 4. The smallest absolute Gasteiger partial charge is 0.245 e. The summed E-state index contributed by atoms with van der Waals surface area (Å²) in [6.45, 7) is 2.22. The molecule has 102 valence electrons. The van der Waals surface area contributed by atoms with Gasteiger partial charge in [0, 0.05) is 29.5 Å². The van der Waals surface area contributed by atoms with Gasteiger partial charge >= 0.3 is 0 Å². The SMILES string of the molecule is Cc1cc2c(Oc3cccc(Cl)c3CN)nccn2n1. The first kappa shape index (κ1) is 12.9. The maximum absolute atomic E-state index is 6.12. The third kappa shape index (κ3) is 2.21. The Morgan fingerprint density at radius 3 is 3.05 bits per heavy atom. The van der Waals surface area contributed by atoms with E-state index in [2.05, 4.69) is 10.1 Å². The van der Waals surface area contributed by atoms with Crippen LogP contribution in [0.2, 0.25) is 5.02 Å². The maximum atomic E-state index is 6.12. The van der Waals surface area contributed by atoms with Crippen molar-refractivity contribution in [2.24, 2.45) is 5.73 Å². The normalized spacial score (nSPS) is 10.9. The number of aryl methyl sites for hydroxylation is 1. The topological polar surface area (TPSA) is 65.4 Å². The third-order valence-electron chi connectivity index (χ3n) is 2.96. The van der Waals surface area contributed by atoms with Crippen LogP contribution in [0, 0.1) is 6.92 Å². The summed E-state index contributed by atoms with van der Waals surface area (Å²) in [7, 11) is 0. The van der Waals surface area contributed by atoms with Gasteiger partial charge in [0.25, 0.3) is 0 Å². The number of hydrogen-bond donors (Lipinski definition) is 1. The number of fused-ring (bicyclic) bond motifs is 1. The molecule has 6 heteroatoms. The Kier molecular flexibility index (Phi) is 3.30. The Morgan fingerprint density at radius 1 is 1.40 bits per heavy atom. The van der Waals surface area contributed by atoms with Crippen LogP contribution in [0.5, 0.6) is 11.6 Å². The van der Waals surface area contributed by atoms with Crippen molar-refractivity contribution in [3.8, 4) is 11.6 Å². The van der Waals surface area contributed by atoms with Gasteiger partial charge in [0.05, 0.1) is 5.69 Å². The molecule has 0 spiro atoms. The van der Waals surface area contributed by atoms with Crippen LogP contribution in [-0.4, -0.2) is 14.6 Å². The second kappa shape index (κ2) is 5.11. The van der Waals surface area contributed by atoms with Crippen molar-refractivity contribution >= 4 is 17.1 Å². The van der Waals surface area contributed by atoms with Crippen molar-refractivity contribution in [3.05, 3.63) is 52.9 Å². The van der Waals surface area contributed by atoms with E-state index < -0.39 is 0 Å². The molecule has 5 nitrogen and oxygen atoms in total. The van der Waals surface area contributed by atoms with Crippen molar-refractivity contribution in [2.45, 2.75) is 13.5 Å². The van der Waals surface area contributed by atoms with Gasteiger partial charge in [0.2, 0.25) is 5.88 Å². The average Bonchev–Trinajstić information content (AvgIpc) is 2.80. The number of ether oxygens (including phenoxy) is 1. The van der Waals surface area contributed by atoms with Crippen LogP contribution in [0.25, 0.3) is 5.52 Å². The predicted octanol–water partition coefficient (Wildman–Crippen LogP) is 2.94. The van der Waals surface area contributed by atoms with E-state index in [-0.39, 0.29) is 0 Å². The highest BCUT2D eigenvalue weighted by Crippen LogP contribution is 2.31. The number of benzene rings is 1. The summed E-state index contributed by atoms with van der Waals surface area (Å²) >= 11 is 6.12.